The molecule has 118 valence electrons. The van der Waals surface area contributed by atoms with Crippen LogP contribution in [-0.2, 0) is 6.18 Å². The molecule has 1 heterocycles. The molecule has 0 spiro atoms. The lowest BCUT2D eigenvalue weighted by atomic mass is 9.97. The maximum absolute atomic E-state index is 12.9. The Labute approximate surface area is 121 Å². The average Bonchev–Trinajstić information content (AvgIpc) is 3.21. The zero-order valence-electron chi connectivity index (χ0n) is 12.2. The molecule has 0 amide bonds. The third kappa shape index (κ3) is 3.55. The van der Waals surface area contributed by atoms with Crippen LogP contribution in [0.4, 0.5) is 24.9 Å². The molecule has 0 saturated heterocycles. The van der Waals surface area contributed by atoms with Gasteiger partial charge < -0.3 is 15.3 Å². The van der Waals surface area contributed by atoms with E-state index in [0.29, 0.717) is 0 Å². The van der Waals surface area contributed by atoms with Gasteiger partial charge >= 0.3 is 6.18 Å². The molecule has 1 aliphatic rings. The fraction of sp³-hybridized carbons (Fsp3) is 0.692. The van der Waals surface area contributed by atoms with E-state index in [-0.39, 0.29) is 24.3 Å². The topological polar surface area (TPSA) is 61.3 Å². The maximum Gasteiger partial charge on any atom is 0.433 e. The minimum absolute atomic E-state index is 0.114. The summed E-state index contributed by atoms with van der Waals surface area (Å²) in [5.74, 6) is 0.274. The first kappa shape index (κ1) is 15.8. The Kier molecular flexibility index (Phi) is 4.01. The number of hydrogen-bond donors (Lipinski definition) is 2. The predicted octanol–water partition coefficient (Wildman–Crippen LogP) is 2.13. The van der Waals surface area contributed by atoms with Gasteiger partial charge in [0.05, 0.1) is 12.1 Å². The Hall–Kier alpha value is -1.57. The first-order chi connectivity index (χ1) is 9.65. The van der Waals surface area contributed by atoms with Crippen LogP contribution in [0.15, 0.2) is 6.07 Å². The Morgan fingerprint density at radius 3 is 2.38 bits per heavy atom. The standard InChI is InChI=1S/C13H19F3N4O/c1-12(7-21,8-4-5-8)19-11-17-9(13(14,15)16)6-10(18-11)20(2)3/h6,8,21H,4-5,7H2,1-3H3,(H,17,18,19). The van der Waals surface area contributed by atoms with E-state index in [1.165, 1.54) is 4.90 Å². The summed E-state index contributed by atoms with van der Waals surface area (Å²) < 4.78 is 38.7. The third-order valence-corrected chi connectivity index (χ3v) is 3.67. The lowest BCUT2D eigenvalue weighted by Gasteiger charge is -2.29. The van der Waals surface area contributed by atoms with Crippen molar-refractivity contribution in [1.29, 1.82) is 0 Å². The predicted molar refractivity (Wildman–Crippen MR) is 73.2 cm³/mol. The zero-order valence-corrected chi connectivity index (χ0v) is 12.2. The number of aliphatic hydroxyl groups excluding tert-OH is 1. The fourth-order valence-electron chi connectivity index (χ4n) is 2.11. The summed E-state index contributed by atoms with van der Waals surface area (Å²) in [5, 5.41) is 12.4. The quantitative estimate of drug-likeness (QED) is 0.872. The molecule has 1 fully saturated rings. The largest absolute Gasteiger partial charge is 0.433 e. The highest BCUT2D eigenvalue weighted by molar-refractivity contribution is 5.45. The summed E-state index contributed by atoms with van der Waals surface area (Å²) in [5.41, 5.74) is -1.70. The van der Waals surface area contributed by atoms with Crippen LogP contribution < -0.4 is 10.2 Å². The minimum Gasteiger partial charge on any atom is -0.394 e. The minimum atomic E-state index is -4.54. The van der Waals surface area contributed by atoms with E-state index in [1.54, 1.807) is 21.0 Å². The summed E-state index contributed by atoms with van der Waals surface area (Å²) in [6, 6.07) is 0.901. The molecule has 5 nitrogen and oxygen atoms in total. The summed E-state index contributed by atoms with van der Waals surface area (Å²) in [4.78, 5) is 9.11. The van der Waals surface area contributed by atoms with Crippen LogP contribution in [0.3, 0.4) is 0 Å². The van der Waals surface area contributed by atoms with Crippen molar-refractivity contribution in [3.63, 3.8) is 0 Å². The van der Waals surface area contributed by atoms with Crippen molar-refractivity contribution in [2.45, 2.75) is 31.5 Å². The SMILES string of the molecule is CN(C)c1cc(C(F)(F)F)nc(NC(C)(CO)C2CC2)n1. The van der Waals surface area contributed by atoms with Crippen molar-refractivity contribution >= 4 is 11.8 Å². The lowest BCUT2D eigenvalue weighted by Crippen LogP contribution is -2.42. The number of rotatable bonds is 5. The molecular formula is C13H19F3N4O. The van der Waals surface area contributed by atoms with E-state index < -0.39 is 17.4 Å². The van der Waals surface area contributed by atoms with Crippen LogP contribution in [0.1, 0.15) is 25.5 Å². The molecule has 1 atom stereocenters. The van der Waals surface area contributed by atoms with Gasteiger partial charge in [0.2, 0.25) is 5.95 Å². The van der Waals surface area contributed by atoms with Crippen LogP contribution in [0.5, 0.6) is 0 Å². The number of anilines is 2. The van der Waals surface area contributed by atoms with Gasteiger partial charge in [-0.1, -0.05) is 0 Å². The molecule has 21 heavy (non-hydrogen) atoms. The third-order valence-electron chi connectivity index (χ3n) is 3.67. The van der Waals surface area contributed by atoms with Gasteiger partial charge in [-0.2, -0.15) is 18.2 Å². The highest BCUT2D eigenvalue weighted by Gasteiger charge is 2.42. The Bertz CT molecular complexity index is 517. The van der Waals surface area contributed by atoms with Gasteiger partial charge in [-0.3, -0.25) is 0 Å². The Balaban J connectivity index is 2.36. The molecule has 8 heteroatoms. The van der Waals surface area contributed by atoms with E-state index in [1.807, 2.05) is 0 Å². The molecule has 1 aromatic rings. The van der Waals surface area contributed by atoms with Crippen molar-refractivity contribution in [3.8, 4) is 0 Å². The normalized spacial score (nSPS) is 18.2. The first-order valence-corrected chi connectivity index (χ1v) is 6.68. The molecular weight excluding hydrogens is 285 g/mol. The maximum atomic E-state index is 12.9. The average molecular weight is 304 g/mol. The number of nitrogens with one attached hydrogen (secondary N) is 1. The molecule has 1 aromatic heterocycles. The van der Waals surface area contributed by atoms with Crippen LogP contribution >= 0.6 is 0 Å². The molecule has 1 aliphatic carbocycles. The smallest absolute Gasteiger partial charge is 0.394 e. The second-order valence-electron chi connectivity index (χ2n) is 5.80. The Morgan fingerprint density at radius 2 is 1.95 bits per heavy atom. The number of alkyl halides is 3. The van der Waals surface area contributed by atoms with Crippen molar-refractivity contribution in [1.82, 2.24) is 9.97 Å². The van der Waals surface area contributed by atoms with Gasteiger partial charge in [-0.25, -0.2) is 4.98 Å². The molecule has 2 rings (SSSR count). The highest BCUT2D eigenvalue weighted by atomic mass is 19.4. The van der Waals surface area contributed by atoms with E-state index in [9.17, 15) is 18.3 Å². The molecule has 0 aromatic carbocycles. The summed E-state index contributed by atoms with van der Waals surface area (Å²) >= 11 is 0. The number of hydrogen-bond acceptors (Lipinski definition) is 5. The second kappa shape index (κ2) is 5.32. The Morgan fingerprint density at radius 1 is 1.33 bits per heavy atom. The van der Waals surface area contributed by atoms with Crippen molar-refractivity contribution in [2.24, 2.45) is 5.92 Å². The number of aliphatic hydroxyl groups is 1. The number of nitrogens with zero attached hydrogens (tertiary/aromatic N) is 3. The molecule has 1 saturated carbocycles. The van der Waals surface area contributed by atoms with E-state index in [2.05, 4.69) is 15.3 Å². The summed E-state index contributed by atoms with van der Waals surface area (Å²) in [7, 11) is 3.22. The first-order valence-electron chi connectivity index (χ1n) is 6.68. The van der Waals surface area contributed by atoms with Crippen molar-refractivity contribution < 1.29 is 18.3 Å². The van der Waals surface area contributed by atoms with Gasteiger partial charge in [0.25, 0.3) is 0 Å². The number of aromatic nitrogens is 2. The van der Waals surface area contributed by atoms with E-state index in [0.717, 1.165) is 18.9 Å². The van der Waals surface area contributed by atoms with Crippen LogP contribution in [0, 0.1) is 5.92 Å². The van der Waals surface area contributed by atoms with E-state index >= 15 is 0 Å². The molecule has 0 bridgehead atoms. The lowest BCUT2D eigenvalue weighted by molar-refractivity contribution is -0.141. The van der Waals surface area contributed by atoms with Gasteiger partial charge in [0.1, 0.15) is 5.82 Å². The van der Waals surface area contributed by atoms with Gasteiger partial charge in [0.15, 0.2) is 5.69 Å². The molecule has 0 radical (unpaired) electrons. The summed E-state index contributed by atoms with van der Waals surface area (Å²) in [6.07, 6.45) is -2.67. The van der Waals surface area contributed by atoms with Crippen molar-refractivity contribution in [3.05, 3.63) is 11.8 Å². The van der Waals surface area contributed by atoms with Gasteiger partial charge in [-0.15, -0.1) is 0 Å². The van der Waals surface area contributed by atoms with Crippen LogP contribution in [0.2, 0.25) is 0 Å². The molecule has 0 aliphatic heterocycles. The van der Waals surface area contributed by atoms with Crippen molar-refractivity contribution in [2.75, 3.05) is 30.9 Å². The van der Waals surface area contributed by atoms with Crippen LogP contribution in [-0.4, -0.2) is 41.3 Å². The number of halogens is 3. The van der Waals surface area contributed by atoms with Gasteiger partial charge in [-0.05, 0) is 25.7 Å². The fourth-order valence-corrected chi connectivity index (χ4v) is 2.11. The molecule has 2 N–H and O–H groups in total. The summed E-state index contributed by atoms with van der Waals surface area (Å²) in [6.45, 7) is 1.58. The second-order valence-corrected chi connectivity index (χ2v) is 5.80. The van der Waals surface area contributed by atoms with E-state index in [4.69, 9.17) is 0 Å². The van der Waals surface area contributed by atoms with Gasteiger partial charge in [0, 0.05) is 20.2 Å². The zero-order chi connectivity index (χ0) is 15.8. The van der Waals surface area contributed by atoms with Crippen LogP contribution in [0.25, 0.3) is 0 Å². The monoisotopic (exact) mass is 304 g/mol. The molecule has 1 unspecified atom stereocenters. The highest BCUT2D eigenvalue weighted by Crippen LogP contribution is 2.41.